The summed E-state index contributed by atoms with van der Waals surface area (Å²) in [5.41, 5.74) is 0.448. The molecule has 2 aliphatic carbocycles. The molecule has 7 heavy (non-hydrogen) atoms. The standard InChI is InChI=1S/C5H6Cl2/c6-3-1-5(3)2-4(5)7/h3-4H,1-2H2. The molecule has 0 aromatic heterocycles. The maximum Gasteiger partial charge on any atom is 0.0413 e. The fourth-order valence-corrected chi connectivity index (χ4v) is 2.21. The van der Waals surface area contributed by atoms with Crippen molar-refractivity contribution in [2.24, 2.45) is 5.41 Å². The molecule has 2 unspecified atom stereocenters. The molecular weight excluding hydrogens is 131 g/mol. The fraction of sp³-hybridized carbons (Fsp3) is 1.00. The van der Waals surface area contributed by atoms with Crippen LogP contribution in [0.3, 0.4) is 0 Å². The molecule has 0 aromatic carbocycles. The van der Waals surface area contributed by atoms with Gasteiger partial charge in [0, 0.05) is 16.2 Å². The van der Waals surface area contributed by atoms with E-state index < -0.39 is 0 Å². The Morgan fingerprint density at radius 1 is 1.14 bits per heavy atom. The van der Waals surface area contributed by atoms with Crippen LogP contribution in [0.15, 0.2) is 0 Å². The van der Waals surface area contributed by atoms with Crippen LogP contribution < -0.4 is 0 Å². The lowest BCUT2D eigenvalue weighted by Crippen LogP contribution is -1.77. The Morgan fingerprint density at radius 3 is 1.43 bits per heavy atom. The first-order valence-electron chi connectivity index (χ1n) is 2.54. The average molecular weight is 137 g/mol. The SMILES string of the molecule is ClC1CC12CC2Cl. The van der Waals surface area contributed by atoms with Crippen LogP contribution in [0.2, 0.25) is 0 Å². The Morgan fingerprint density at radius 2 is 1.43 bits per heavy atom. The highest BCUT2D eigenvalue weighted by atomic mass is 35.5. The summed E-state index contributed by atoms with van der Waals surface area (Å²) in [5, 5.41) is 0.852. The van der Waals surface area contributed by atoms with Crippen LogP contribution in [0, 0.1) is 5.41 Å². The topological polar surface area (TPSA) is 0 Å². The summed E-state index contributed by atoms with van der Waals surface area (Å²) in [7, 11) is 0. The van der Waals surface area contributed by atoms with E-state index in [-0.39, 0.29) is 0 Å². The van der Waals surface area contributed by atoms with Gasteiger partial charge in [0.2, 0.25) is 0 Å². The summed E-state index contributed by atoms with van der Waals surface area (Å²) in [6.45, 7) is 0. The first kappa shape index (κ1) is 4.46. The van der Waals surface area contributed by atoms with Gasteiger partial charge in [-0.1, -0.05) is 0 Å². The van der Waals surface area contributed by atoms with E-state index in [1.165, 1.54) is 12.8 Å². The van der Waals surface area contributed by atoms with Gasteiger partial charge >= 0.3 is 0 Å². The van der Waals surface area contributed by atoms with Crippen molar-refractivity contribution in [3.63, 3.8) is 0 Å². The van der Waals surface area contributed by atoms with Crippen molar-refractivity contribution in [1.29, 1.82) is 0 Å². The monoisotopic (exact) mass is 136 g/mol. The number of alkyl halides is 2. The van der Waals surface area contributed by atoms with Crippen molar-refractivity contribution in [3.05, 3.63) is 0 Å². The van der Waals surface area contributed by atoms with E-state index in [1.807, 2.05) is 0 Å². The van der Waals surface area contributed by atoms with Gasteiger partial charge in [0.15, 0.2) is 0 Å². The van der Waals surface area contributed by atoms with Gasteiger partial charge in [0.05, 0.1) is 0 Å². The van der Waals surface area contributed by atoms with Crippen LogP contribution in [0.25, 0.3) is 0 Å². The molecule has 0 heterocycles. The van der Waals surface area contributed by atoms with Crippen LogP contribution >= 0.6 is 23.2 Å². The molecule has 0 bridgehead atoms. The average Bonchev–Trinajstić information content (AvgIpc) is 2.28. The van der Waals surface area contributed by atoms with Gasteiger partial charge < -0.3 is 0 Å². The first-order valence-corrected chi connectivity index (χ1v) is 3.41. The van der Waals surface area contributed by atoms with Crippen molar-refractivity contribution in [3.8, 4) is 0 Å². The van der Waals surface area contributed by atoms with Gasteiger partial charge in [0.25, 0.3) is 0 Å². The lowest BCUT2D eigenvalue weighted by Gasteiger charge is -1.75. The highest BCUT2D eigenvalue weighted by Crippen LogP contribution is 2.70. The smallest absolute Gasteiger partial charge is 0.0413 e. The van der Waals surface area contributed by atoms with Crippen LogP contribution in [-0.2, 0) is 0 Å². The molecule has 40 valence electrons. The highest BCUT2D eigenvalue weighted by Gasteiger charge is 2.69. The lowest BCUT2D eigenvalue weighted by atomic mass is 10.4. The molecule has 2 atom stereocenters. The second-order valence-electron chi connectivity index (χ2n) is 2.58. The number of rotatable bonds is 0. The number of halogens is 2. The summed E-state index contributed by atoms with van der Waals surface area (Å²) in [6, 6.07) is 0. The molecule has 0 saturated heterocycles. The van der Waals surface area contributed by atoms with E-state index in [9.17, 15) is 0 Å². The van der Waals surface area contributed by atoms with E-state index in [4.69, 9.17) is 23.2 Å². The minimum atomic E-state index is 0.426. The minimum absolute atomic E-state index is 0.426. The zero-order valence-electron chi connectivity index (χ0n) is 3.82. The lowest BCUT2D eigenvalue weighted by molar-refractivity contribution is 0.903. The zero-order chi connectivity index (χ0) is 5.07. The Labute approximate surface area is 52.8 Å². The molecule has 2 fully saturated rings. The van der Waals surface area contributed by atoms with Gasteiger partial charge in [-0.25, -0.2) is 0 Å². The highest BCUT2D eigenvalue weighted by molar-refractivity contribution is 6.29. The van der Waals surface area contributed by atoms with Crippen LogP contribution in [-0.4, -0.2) is 10.8 Å². The van der Waals surface area contributed by atoms with Crippen molar-refractivity contribution in [2.45, 2.75) is 23.6 Å². The molecule has 2 aliphatic rings. The maximum atomic E-state index is 5.75. The number of hydrogen-bond acceptors (Lipinski definition) is 0. The summed E-state index contributed by atoms with van der Waals surface area (Å²) in [6.07, 6.45) is 2.34. The molecule has 0 aromatic rings. The Bertz CT molecular complexity index is 96.6. The van der Waals surface area contributed by atoms with Gasteiger partial charge in [-0.05, 0) is 12.8 Å². The van der Waals surface area contributed by atoms with Crippen molar-refractivity contribution in [1.82, 2.24) is 0 Å². The predicted molar refractivity (Wildman–Crippen MR) is 30.9 cm³/mol. The van der Waals surface area contributed by atoms with Gasteiger partial charge in [-0.3, -0.25) is 0 Å². The van der Waals surface area contributed by atoms with Crippen LogP contribution in [0.1, 0.15) is 12.8 Å². The molecule has 0 amide bonds. The third kappa shape index (κ3) is 0.400. The normalized spacial score (nSPS) is 66.0. The zero-order valence-corrected chi connectivity index (χ0v) is 5.34. The molecule has 2 heteroatoms. The van der Waals surface area contributed by atoms with Gasteiger partial charge in [0.1, 0.15) is 0 Å². The molecule has 0 radical (unpaired) electrons. The summed E-state index contributed by atoms with van der Waals surface area (Å²) in [4.78, 5) is 0. The molecule has 0 nitrogen and oxygen atoms in total. The summed E-state index contributed by atoms with van der Waals surface area (Å²) >= 11 is 11.5. The van der Waals surface area contributed by atoms with Crippen LogP contribution in [0.5, 0.6) is 0 Å². The second-order valence-corrected chi connectivity index (χ2v) is 3.63. The quantitative estimate of drug-likeness (QED) is 0.448. The number of hydrogen-bond donors (Lipinski definition) is 0. The maximum absolute atomic E-state index is 5.75. The van der Waals surface area contributed by atoms with Crippen LogP contribution in [0.4, 0.5) is 0 Å². The van der Waals surface area contributed by atoms with E-state index >= 15 is 0 Å². The Hall–Kier alpha value is 0.580. The van der Waals surface area contributed by atoms with E-state index in [0.29, 0.717) is 16.2 Å². The molecular formula is C5H6Cl2. The fourth-order valence-electron chi connectivity index (χ4n) is 1.08. The molecule has 1 spiro atoms. The second kappa shape index (κ2) is 0.964. The van der Waals surface area contributed by atoms with E-state index in [1.54, 1.807) is 0 Å². The van der Waals surface area contributed by atoms with E-state index in [2.05, 4.69) is 0 Å². The largest absolute Gasteiger partial charge is 0.122 e. The first-order chi connectivity index (χ1) is 3.26. The Balaban J connectivity index is 2.11. The third-order valence-corrected chi connectivity index (χ3v) is 3.22. The third-order valence-electron chi connectivity index (χ3n) is 2.05. The molecule has 2 rings (SSSR count). The van der Waals surface area contributed by atoms with Gasteiger partial charge in [-0.2, -0.15) is 0 Å². The van der Waals surface area contributed by atoms with E-state index in [0.717, 1.165) is 0 Å². The molecule has 2 saturated carbocycles. The minimum Gasteiger partial charge on any atom is -0.122 e. The molecule has 0 aliphatic heterocycles. The van der Waals surface area contributed by atoms with Crippen molar-refractivity contribution in [2.75, 3.05) is 0 Å². The summed E-state index contributed by atoms with van der Waals surface area (Å²) in [5.74, 6) is 0. The predicted octanol–water partition coefficient (Wildman–Crippen LogP) is 2.00. The van der Waals surface area contributed by atoms with Crippen molar-refractivity contribution < 1.29 is 0 Å². The van der Waals surface area contributed by atoms with Crippen molar-refractivity contribution >= 4 is 23.2 Å². The Kier molecular flexibility index (Phi) is 0.614. The van der Waals surface area contributed by atoms with Gasteiger partial charge in [-0.15, -0.1) is 23.2 Å². The molecule has 0 N–H and O–H groups in total. The summed E-state index contributed by atoms with van der Waals surface area (Å²) < 4.78 is 0.